The Bertz CT molecular complexity index is 1200. The van der Waals surface area contributed by atoms with E-state index in [2.05, 4.69) is 52.8 Å². The largest absolute Gasteiger partial charge is 0.396 e. The molecule has 0 aliphatic carbocycles. The molecule has 4 N–H and O–H groups in total. The molecule has 2 aliphatic heterocycles. The summed E-state index contributed by atoms with van der Waals surface area (Å²) in [6.45, 7) is 1.62. The van der Waals surface area contributed by atoms with Crippen LogP contribution in [0.4, 0.5) is 0 Å². The molecule has 2 aromatic heterocycles. The Hall–Kier alpha value is -2.45. The number of aryl methyl sites for hydroxylation is 2. The molecular formula is C26H33N3O4. The summed E-state index contributed by atoms with van der Waals surface area (Å²) in [4.78, 5) is 18.2. The van der Waals surface area contributed by atoms with Crippen LogP contribution < -0.4 is 0 Å². The minimum Gasteiger partial charge on any atom is -0.396 e. The molecule has 7 nitrogen and oxygen atoms in total. The summed E-state index contributed by atoms with van der Waals surface area (Å²) < 4.78 is 2.33. The van der Waals surface area contributed by atoms with Crippen LogP contribution in [-0.2, 0) is 13.5 Å². The molecule has 0 spiro atoms. The van der Waals surface area contributed by atoms with E-state index in [9.17, 15) is 15.0 Å². The predicted molar refractivity (Wildman–Crippen MR) is 126 cm³/mol. The zero-order valence-corrected chi connectivity index (χ0v) is 19.5. The van der Waals surface area contributed by atoms with Gasteiger partial charge in [-0.25, -0.2) is 0 Å². The van der Waals surface area contributed by atoms with Crippen molar-refractivity contribution in [1.29, 1.82) is 0 Å². The zero-order chi connectivity index (χ0) is 23.4. The number of fused-ring (bicyclic) bond motifs is 6. The number of nitrogens with zero attached hydrogens (tertiary/aromatic N) is 2. The SMILES string of the molecule is Cc1[nH]c(C(=O)CC(O)CO)cc1C1CC2c3c(c4ccccc4n3C)CC(C1CO)N2C. The lowest BCUT2D eigenvalue weighted by Crippen LogP contribution is -2.53. The lowest BCUT2D eigenvalue weighted by Gasteiger charge is -2.51. The van der Waals surface area contributed by atoms with Crippen LogP contribution in [0.25, 0.3) is 10.9 Å². The quantitative estimate of drug-likeness (QED) is 0.431. The van der Waals surface area contributed by atoms with Gasteiger partial charge in [0, 0.05) is 54.3 Å². The first-order chi connectivity index (χ1) is 15.8. The van der Waals surface area contributed by atoms with Crippen molar-refractivity contribution in [1.82, 2.24) is 14.5 Å². The molecule has 5 unspecified atom stereocenters. The normalized spacial score (nSPS) is 25.9. The molecule has 2 bridgehead atoms. The second kappa shape index (κ2) is 8.40. The van der Waals surface area contributed by atoms with Gasteiger partial charge < -0.3 is 24.9 Å². The number of aromatic nitrogens is 2. The monoisotopic (exact) mass is 451 g/mol. The van der Waals surface area contributed by atoms with Crippen molar-refractivity contribution >= 4 is 16.7 Å². The van der Waals surface area contributed by atoms with Gasteiger partial charge in [-0.1, -0.05) is 18.2 Å². The summed E-state index contributed by atoms with van der Waals surface area (Å²) in [7, 11) is 4.32. The molecule has 0 radical (unpaired) electrons. The maximum absolute atomic E-state index is 12.6. The van der Waals surface area contributed by atoms with Crippen molar-refractivity contribution in [3.8, 4) is 0 Å². The fourth-order valence-corrected chi connectivity index (χ4v) is 6.43. The van der Waals surface area contributed by atoms with Gasteiger partial charge in [-0.3, -0.25) is 9.69 Å². The van der Waals surface area contributed by atoms with Crippen LogP contribution in [0.3, 0.4) is 0 Å². The number of hydrogen-bond donors (Lipinski definition) is 4. The maximum atomic E-state index is 12.6. The summed E-state index contributed by atoms with van der Waals surface area (Å²) in [6, 6.07) is 10.9. The fraction of sp³-hybridized carbons (Fsp3) is 0.500. The van der Waals surface area contributed by atoms with Crippen molar-refractivity contribution in [3.63, 3.8) is 0 Å². The van der Waals surface area contributed by atoms with Gasteiger partial charge in [0.1, 0.15) is 0 Å². The molecule has 2 aliphatic rings. The third-order valence-corrected chi connectivity index (χ3v) is 8.09. The number of aromatic amines is 1. The fourth-order valence-electron chi connectivity index (χ4n) is 6.43. The Labute approximate surface area is 193 Å². The molecule has 4 heterocycles. The molecule has 1 saturated heterocycles. The van der Waals surface area contributed by atoms with Crippen LogP contribution >= 0.6 is 0 Å². The Morgan fingerprint density at radius 2 is 2.00 bits per heavy atom. The lowest BCUT2D eigenvalue weighted by molar-refractivity contribution is 0.00513. The highest BCUT2D eigenvalue weighted by molar-refractivity contribution is 5.95. The van der Waals surface area contributed by atoms with E-state index in [0.29, 0.717) is 5.69 Å². The summed E-state index contributed by atoms with van der Waals surface area (Å²) in [5.74, 6) is -0.0395. The van der Waals surface area contributed by atoms with Crippen molar-refractivity contribution in [2.45, 2.75) is 50.3 Å². The number of H-pyrrole nitrogens is 1. The van der Waals surface area contributed by atoms with Gasteiger partial charge in [0.15, 0.2) is 5.78 Å². The highest BCUT2D eigenvalue weighted by Crippen LogP contribution is 2.51. The van der Waals surface area contributed by atoms with Crippen LogP contribution in [0, 0.1) is 12.8 Å². The van der Waals surface area contributed by atoms with Gasteiger partial charge in [0.2, 0.25) is 0 Å². The summed E-state index contributed by atoms with van der Waals surface area (Å²) in [5, 5.41) is 30.6. The van der Waals surface area contributed by atoms with Crippen molar-refractivity contribution in [2.24, 2.45) is 13.0 Å². The second-order valence-electron chi connectivity index (χ2n) is 9.81. The third kappa shape index (κ3) is 3.46. The number of carbonyl (C=O) groups is 1. The number of Topliss-reactive ketones (excluding diaryl/α,β-unsaturated/α-hetero) is 1. The number of hydrogen-bond acceptors (Lipinski definition) is 5. The van der Waals surface area contributed by atoms with Gasteiger partial charge in [0.05, 0.1) is 24.4 Å². The Morgan fingerprint density at radius 3 is 2.73 bits per heavy atom. The highest BCUT2D eigenvalue weighted by Gasteiger charge is 2.48. The van der Waals surface area contributed by atoms with Gasteiger partial charge in [-0.2, -0.15) is 0 Å². The van der Waals surface area contributed by atoms with E-state index in [1.54, 1.807) is 0 Å². The van der Waals surface area contributed by atoms with Gasteiger partial charge in [-0.15, -0.1) is 0 Å². The van der Waals surface area contributed by atoms with E-state index in [1.165, 1.54) is 22.2 Å². The zero-order valence-electron chi connectivity index (χ0n) is 19.5. The number of aliphatic hydroxyl groups excluding tert-OH is 3. The minimum absolute atomic E-state index is 0.0545. The smallest absolute Gasteiger partial charge is 0.181 e. The van der Waals surface area contributed by atoms with E-state index in [4.69, 9.17) is 5.11 Å². The van der Waals surface area contributed by atoms with Gasteiger partial charge >= 0.3 is 0 Å². The first-order valence-corrected chi connectivity index (χ1v) is 11.8. The first-order valence-electron chi connectivity index (χ1n) is 11.8. The van der Waals surface area contributed by atoms with E-state index in [0.717, 1.165) is 24.1 Å². The second-order valence-corrected chi connectivity index (χ2v) is 9.81. The molecule has 176 valence electrons. The highest BCUT2D eigenvalue weighted by atomic mass is 16.3. The average Bonchev–Trinajstić information content (AvgIpc) is 3.32. The van der Waals surface area contributed by atoms with Crippen molar-refractivity contribution in [2.75, 3.05) is 20.3 Å². The summed E-state index contributed by atoms with van der Waals surface area (Å²) in [6.07, 6.45) is 0.587. The summed E-state index contributed by atoms with van der Waals surface area (Å²) >= 11 is 0. The van der Waals surface area contributed by atoms with Gasteiger partial charge in [-0.05, 0) is 56.0 Å². The first kappa shape index (κ1) is 22.3. The third-order valence-electron chi connectivity index (χ3n) is 8.09. The van der Waals surface area contributed by atoms with Crippen LogP contribution in [0.1, 0.15) is 57.8 Å². The number of carbonyl (C=O) groups excluding carboxylic acids is 1. The van der Waals surface area contributed by atoms with Crippen molar-refractivity contribution in [3.05, 3.63) is 58.5 Å². The van der Waals surface area contributed by atoms with Gasteiger partial charge in [0.25, 0.3) is 0 Å². The molecule has 1 aromatic carbocycles. The number of aliphatic hydroxyl groups is 3. The van der Waals surface area contributed by atoms with E-state index in [-0.39, 0.29) is 42.7 Å². The minimum atomic E-state index is -1.05. The van der Waals surface area contributed by atoms with Crippen molar-refractivity contribution < 1.29 is 20.1 Å². The number of likely N-dealkylation sites (N-methyl/N-ethyl adjacent to an activating group) is 1. The molecule has 0 amide bonds. The number of para-hydroxylation sites is 1. The number of benzene rings is 1. The molecule has 3 aromatic rings. The molecule has 33 heavy (non-hydrogen) atoms. The number of nitrogens with one attached hydrogen (secondary N) is 1. The standard InChI is InChI=1S/C26H33N3O4/c1-14-17(9-21(27-14)25(33)8-15(32)12-30)18-10-24-26-19(11-23(28(24)2)20(18)13-31)16-6-4-5-7-22(16)29(26)3/h4-7,9,15,18,20,23-24,27,30-32H,8,10-13H2,1-3H3. The van der Waals surface area contributed by atoms with Crippen LogP contribution in [-0.4, -0.2) is 68.0 Å². The number of piperidine rings is 1. The van der Waals surface area contributed by atoms with Crippen LogP contribution in [0.2, 0.25) is 0 Å². The Balaban J connectivity index is 1.54. The van der Waals surface area contributed by atoms with Crippen LogP contribution in [0.15, 0.2) is 30.3 Å². The molecule has 5 rings (SSSR count). The maximum Gasteiger partial charge on any atom is 0.181 e. The molecule has 5 atom stereocenters. The Kier molecular flexibility index (Phi) is 5.69. The Morgan fingerprint density at radius 1 is 1.24 bits per heavy atom. The van der Waals surface area contributed by atoms with E-state index in [1.807, 2.05) is 13.0 Å². The molecular weight excluding hydrogens is 418 g/mol. The topological polar surface area (TPSA) is 102 Å². The number of ketones is 1. The lowest BCUT2D eigenvalue weighted by atomic mass is 9.68. The van der Waals surface area contributed by atoms with E-state index < -0.39 is 12.7 Å². The average molecular weight is 452 g/mol. The predicted octanol–water partition coefficient (Wildman–Crippen LogP) is 2.43. The summed E-state index contributed by atoms with van der Waals surface area (Å²) in [5.41, 5.74) is 6.46. The number of rotatable bonds is 6. The molecule has 7 heteroatoms. The molecule has 1 fully saturated rings. The van der Waals surface area contributed by atoms with E-state index >= 15 is 0 Å². The van der Waals surface area contributed by atoms with Crippen LogP contribution in [0.5, 0.6) is 0 Å². The molecule has 0 saturated carbocycles.